The minimum Gasteiger partial charge on any atom is -0.251 e. The van der Waals surface area contributed by atoms with E-state index < -0.39 is 0 Å². The fourth-order valence-corrected chi connectivity index (χ4v) is 1.85. The zero-order valence-electron chi connectivity index (χ0n) is 11.0. The standard InChI is InChI=1S/C13H20N4/c1-10(2)12-6-8-16(15-12)9-17-13(11(3)4)5-7-14-17/h5-8,10-11H,9H2,1-4H3. The molecular weight excluding hydrogens is 212 g/mol. The maximum atomic E-state index is 4.54. The molecule has 2 aromatic rings. The molecule has 0 spiro atoms. The van der Waals surface area contributed by atoms with E-state index in [1.165, 1.54) is 5.69 Å². The Hall–Kier alpha value is -1.58. The summed E-state index contributed by atoms with van der Waals surface area (Å²) < 4.78 is 3.94. The van der Waals surface area contributed by atoms with Gasteiger partial charge in [0.2, 0.25) is 0 Å². The lowest BCUT2D eigenvalue weighted by atomic mass is 10.1. The maximum Gasteiger partial charge on any atom is 0.133 e. The topological polar surface area (TPSA) is 35.6 Å². The molecule has 0 aromatic carbocycles. The highest BCUT2D eigenvalue weighted by Gasteiger charge is 2.08. The van der Waals surface area contributed by atoms with Gasteiger partial charge in [0.25, 0.3) is 0 Å². The van der Waals surface area contributed by atoms with Gasteiger partial charge in [0.15, 0.2) is 0 Å². The Labute approximate surface area is 102 Å². The van der Waals surface area contributed by atoms with Crippen molar-refractivity contribution >= 4 is 0 Å². The van der Waals surface area contributed by atoms with Gasteiger partial charge in [-0.25, -0.2) is 4.68 Å². The summed E-state index contributed by atoms with van der Waals surface area (Å²) in [6.45, 7) is 9.35. The fourth-order valence-electron chi connectivity index (χ4n) is 1.85. The monoisotopic (exact) mass is 232 g/mol. The smallest absolute Gasteiger partial charge is 0.133 e. The molecule has 2 heterocycles. The Morgan fingerprint density at radius 2 is 1.88 bits per heavy atom. The Kier molecular flexibility index (Phi) is 3.31. The van der Waals surface area contributed by atoms with Crippen LogP contribution in [0, 0.1) is 0 Å². The summed E-state index contributed by atoms with van der Waals surface area (Å²) >= 11 is 0. The maximum absolute atomic E-state index is 4.54. The van der Waals surface area contributed by atoms with Crippen LogP contribution in [0.4, 0.5) is 0 Å². The molecule has 17 heavy (non-hydrogen) atoms. The van der Waals surface area contributed by atoms with Crippen LogP contribution in [-0.2, 0) is 6.67 Å². The van der Waals surface area contributed by atoms with Crippen LogP contribution >= 0.6 is 0 Å². The highest BCUT2D eigenvalue weighted by molar-refractivity contribution is 5.06. The van der Waals surface area contributed by atoms with Gasteiger partial charge in [-0.05, 0) is 24.0 Å². The molecule has 4 heteroatoms. The predicted molar refractivity (Wildman–Crippen MR) is 68.0 cm³/mol. The van der Waals surface area contributed by atoms with Gasteiger partial charge in [-0.3, -0.25) is 4.68 Å². The van der Waals surface area contributed by atoms with Crippen LogP contribution in [0.5, 0.6) is 0 Å². The molecule has 0 saturated heterocycles. The van der Waals surface area contributed by atoms with Crippen molar-refractivity contribution in [1.82, 2.24) is 19.6 Å². The molecule has 0 aliphatic rings. The van der Waals surface area contributed by atoms with E-state index in [1.807, 2.05) is 21.8 Å². The molecule has 0 fully saturated rings. The predicted octanol–water partition coefficient (Wildman–Crippen LogP) is 2.83. The highest BCUT2D eigenvalue weighted by atomic mass is 15.4. The molecule has 0 atom stereocenters. The lowest BCUT2D eigenvalue weighted by Crippen LogP contribution is -2.13. The SMILES string of the molecule is CC(C)c1ccn(Cn2nccc2C(C)C)n1. The largest absolute Gasteiger partial charge is 0.251 e. The van der Waals surface area contributed by atoms with Crippen LogP contribution in [0.1, 0.15) is 50.9 Å². The molecule has 0 saturated carbocycles. The van der Waals surface area contributed by atoms with Crippen LogP contribution < -0.4 is 0 Å². The first-order valence-electron chi connectivity index (χ1n) is 6.13. The van der Waals surface area contributed by atoms with E-state index in [1.54, 1.807) is 0 Å². The summed E-state index contributed by atoms with van der Waals surface area (Å²) in [4.78, 5) is 0. The van der Waals surface area contributed by atoms with Crippen molar-refractivity contribution in [3.8, 4) is 0 Å². The van der Waals surface area contributed by atoms with E-state index in [4.69, 9.17) is 0 Å². The van der Waals surface area contributed by atoms with Gasteiger partial charge < -0.3 is 0 Å². The van der Waals surface area contributed by atoms with Gasteiger partial charge in [0, 0.05) is 18.1 Å². The zero-order valence-corrected chi connectivity index (χ0v) is 11.0. The minimum atomic E-state index is 0.471. The first-order chi connectivity index (χ1) is 8.08. The summed E-state index contributed by atoms with van der Waals surface area (Å²) in [5.74, 6) is 0.955. The molecule has 2 rings (SSSR count). The minimum absolute atomic E-state index is 0.471. The highest BCUT2D eigenvalue weighted by Crippen LogP contribution is 2.14. The van der Waals surface area contributed by atoms with Gasteiger partial charge in [-0.1, -0.05) is 27.7 Å². The first kappa shape index (κ1) is 11.9. The zero-order chi connectivity index (χ0) is 12.4. The van der Waals surface area contributed by atoms with Crippen LogP contribution in [0.2, 0.25) is 0 Å². The first-order valence-corrected chi connectivity index (χ1v) is 6.13. The summed E-state index contributed by atoms with van der Waals surface area (Å²) in [6, 6.07) is 4.14. The molecule has 0 aliphatic heterocycles. The molecule has 0 amide bonds. The second-order valence-electron chi connectivity index (χ2n) is 4.99. The van der Waals surface area contributed by atoms with Crippen LogP contribution in [0.15, 0.2) is 24.5 Å². The quantitative estimate of drug-likeness (QED) is 0.812. The van der Waals surface area contributed by atoms with Crippen molar-refractivity contribution in [2.75, 3.05) is 0 Å². The second kappa shape index (κ2) is 4.73. The lowest BCUT2D eigenvalue weighted by Gasteiger charge is -2.10. The van der Waals surface area contributed by atoms with Gasteiger partial charge in [0.1, 0.15) is 6.67 Å². The number of hydrogen-bond donors (Lipinski definition) is 0. The summed E-state index contributed by atoms with van der Waals surface area (Å²) in [5.41, 5.74) is 2.37. The molecular formula is C13H20N4. The van der Waals surface area contributed by atoms with E-state index >= 15 is 0 Å². The molecule has 92 valence electrons. The van der Waals surface area contributed by atoms with Gasteiger partial charge in [0.05, 0.1) is 5.69 Å². The van der Waals surface area contributed by atoms with Crippen LogP contribution in [0.3, 0.4) is 0 Å². The second-order valence-corrected chi connectivity index (χ2v) is 4.99. The Morgan fingerprint density at radius 3 is 2.47 bits per heavy atom. The average Bonchev–Trinajstić information content (AvgIpc) is 2.86. The van der Waals surface area contributed by atoms with Gasteiger partial charge in [-0.15, -0.1) is 0 Å². The fraction of sp³-hybridized carbons (Fsp3) is 0.538. The van der Waals surface area contributed by atoms with Crippen molar-refractivity contribution in [1.29, 1.82) is 0 Å². The normalized spacial score (nSPS) is 11.6. The number of rotatable bonds is 4. The van der Waals surface area contributed by atoms with Crippen molar-refractivity contribution in [2.24, 2.45) is 0 Å². The van der Waals surface area contributed by atoms with E-state index in [0.717, 1.165) is 5.69 Å². The number of aromatic nitrogens is 4. The number of hydrogen-bond acceptors (Lipinski definition) is 2. The summed E-state index contributed by atoms with van der Waals surface area (Å²) in [7, 11) is 0. The molecule has 0 N–H and O–H groups in total. The molecule has 0 bridgehead atoms. The third-order valence-corrected chi connectivity index (χ3v) is 2.87. The average molecular weight is 232 g/mol. The molecule has 0 unspecified atom stereocenters. The molecule has 0 aliphatic carbocycles. The van der Waals surface area contributed by atoms with Crippen molar-refractivity contribution in [3.05, 3.63) is 35.9 Å². The summed E-state index contributed by atoms with van der Waals surface area (Å²) in [6.07, 6.45) is 3.86. The molecule has 0 radical (unpaired) electrons. The van der Waals surface area contributed by atoms with Crippen LogP contribution in [-0.4, -0.2) is 19.6 Å². The Morgan fingerprint density at radius 1 is 1.12 bits per heavy atom. The van der Waals surface area contributed by atoms with E-state index in [9.17, 15) is 0 Å². The van der Waals surface area contributed by atoms with Crippen molar-refractivity contribution in [3.63, 3.8) is 0 Å². The molecule has 2 aromatic heterocycles. The third-order valence-electron chi connectivity index (χ3n) is 2.87. The van der Waals surface area contributed by atoms with E-state index in [0.29, 0.717) is 18.5 Å². The van der Waals surface area contributed by atoms with Crippen LogP contribution in [0.25, 0.3) is 0 Å². The van der Waals surface area contributed by atoms with E-state index in [-0.39, 0.29) is 0 Å². The van der Waals surface area contributed by atoms with E-state index in [2.05, 4.69) is 50.0 Å². The Balaban J connectivity index is 2.17. The number of nitrogens with zero attached hydrogens (tertiary/aromatic N) is 4. The van der Waals surface area contributed by atoms with Crippen molar-refractivity contribution < 1.29 is 0 Å². The Bertz CT molecular complexity index is 479. The third kappa shape index (κ3) is 2.57. The molecule has 4 nitrogen and oxygen atoms in total. The van der Waals surface area contributed by atoms with Gasteiger partial charge in [-0.2, -0.15) is 10.2 Å². The van der Waals surface area contributed by atoms with Gasteiger partial charge >= 0.3 is 0 Å². The lowest BCUT2D eigenvalue weighted by molar-refractivity contribution is 0.473. The van der Waals surface area contributed by atoms with Crippen molar-refractivity contribution in [2.45, 2.75) is 46.2 Å². The summed E-state index contributed by atoms with van der Waals surface area (Å²) in [5, 5.41) is 8.88.